The summed E-state index contributed by atoms with van der Waals surface area (Å²) in [6.45, 7) is 5.07. The van der Waals surface area contributed by atoms with Crippen LogP contribution in [0.3, 0.4) is 0 Å². The summed E-state index contributed by atoms with van der Waals surface area (Å²) >= 11 is 0. The van der Waals surface area contributed by atoms with Crippen molar-refractivity contribution >= 4 is 5.91 Å². The topological polar surface area (TPSA) is 53.4 Å². The smallest absolute Gasteiger partial charge is 0.272 e. The van der Waals surface area contributed by atoms with Gasteiger partial charge in [0.25, 0.3) is 5.91 Å². The highest BCUT2D eigenvalue weighted by molar-refractivity contribution is 5.92. The molecule has 2 rings (SSSR count). The van der Waals surface area contributed by atoms with Crippen LogP contribution in [0.1, 0.15) is 35.9 Å². The number of aromatic nitrogens is 1. The minimum atomic E-state index is -0.355. The number of piperidine rings is 1. The van der Waals surface area contributed by atoms with Crippen molar-refractivity contribution in [3.05, 3.63) is 29.6 Å². The van der Waals surface area contributed by atoms with E-state index < -0.39 is 0 Å². The monoisotopic (exact) mass is 248 g/mol. The summed E-state index contributed by atoms with van der Waals surface area (Å²) < 4.78 is 0. The Bertz CT molecular complexity index is 432. The molecular formula is C14H20N2O2. The van der Waals surface area contributed by atoms with Crippen molar-refractivity contribution in [1.82, 2.24) is 9.88 Å². The molecule has 1 aromatic heterocycles. The van der Waals surface area contributed by atoms with Crippen LogP contribution >= 0.6 is 0 Å². The number of aliphatic hydroxyl groups excluding tert-OH is 1. The van der Waals surface area contributed by atoms with E-state index in [0.29, 0.717) is 12.2 Å². The van der Waals surface area contributed by atoms with Gasteiger partial charge in [-0.3, -0.25) is 4.79 Å². The van der Waals surface area contributed by atoms with Gasteiger partial charge in [-0.25, -0.2) is 4.98 Å². The van der Waals surface area contributed by atoms with Crippen molar-refractivity contribution in [2.24, 2.45) is 5.92 Å². The number of pyridine rings is 1. The molecule has 1 aliphatic heterocycles. The van der Waals surface area contributed by atoms with Crippen LogP contribution in [0.25, 0.3) is 0 Å². The van der Waals surface area contributed by atoms with E-state index in [1.807, 2.05) is 24.0 Å². The van der Waals surface area contributed by atoms with Crippen molar-refractivity contribution < 1.29 is 9.90 Å². The predicted molar refractivity (Wildman–Crippen MR) is 69.3 cm³/mol. The molecule has 18 heavy (non-hydrogen) atoms. The summed E-state index contributed by atoms with van der Waals surface area (Å²) in [5, 5.41) is 9.64. The van der Waals surface area contributed by atoms with E-state index in [9.17, 15) is 9.90 Å². The fourth-order valence-corrected chi connectivity index (χ4v) is 2.41. The highest BCUT2D eigenvalue weighted by Gasteiger charge is 2.27. The molecule has 0 radical (unpaired) electrons. The molecule has 0 spiro atoms. The van der Waals surface area contributed by atoms with E-state index in [1.54, 1.807) is 13.0 Å². The van der Waals surface area contributed by atoms with Crippen LogP contribution in [-0.2, 0) is 0 Å². The Morgan fingerprint density at radius 3 is 3.00 bits per heavy atom. The molecule has 0 aromatic carbocycles. The van der Waals surface area contributed by atoms with Gasteiger partial charge in [-0.1, -0.05) is 6.07 Å². The molecule has 2 unspecified atom stereocenters. The first-order valence-electron chi connectivity index (χ1n) is 6.49. The molecule has 1 saturated heterocycles. The second-order valence-electron chi connectivity index (χ2n) is 5.06. The molecule has 1 amide bonds. The van der Waals surface area contributed by atoms with E-state index in [4.69, 9.17) is 0 Å². The van der Waals surface area contributed by atoms with Crippen LogP contribution in [0.2, 0.25) is 0 Å². The molecule has 98 valence electrons. The number of hydrogen-bond acceptors (Lipinski definition) is 3. The Morgan fingerprint density at radius 1 is 1.56 bits per heavy atom. The summed E-state index contributed by atoms with van der Waals surface area (Å²) in [4.78, 5) is 18.4. The zero-order valence-corrected chi connectivity index (χ0v) is 11.0. The number of rotatable bonds is 2. The first-order chi connectivity index (χ1) is 8.58. The normalized spacial score (nSPS) is 21.7. The van der Waals surface area contributed by atoms with E-state index in [0.717, 1.165) is 25.1 Å². The van der Waals surface area contributed by atoms with Gasteiger partial charge in [0.2, 0.25) is 0 Å². The molecule has 0 saturated carbocycles. The fraction of sp³-hybridized carbons (Fsp3) is 0.571. The molecule has 2 atom stereocenters. The maximum atomic E-state index is 12.3. The summed E-state index contributed by atoms with van der Waals surface area (Å²) in [6.07, 6.45) is 1.58. The minimum Gasteiger partial charge on any atom is -0.393 e. The molecule has 4 heteroatoms. The average molecular weight is 248 g/mol. The van der Waals surface area contributed by atoms with Crippen molar-refractivity contribution in [2.75, 3.05) is 13.1 Å². The number of amides is 1. The summed E-state index contributed by atoms with van der Waals surface area (Å²) in [6, 6.07) is 5.48. The second-order valence-corrected chi connectivity index (χ2v) is 5.06. The minimum absolute atomic E-state index is 0.0240. The largest absolute Gasteiger partial charge is 0.393 e. The second kappa shape index (κ2) is 5.48. The van der Waals surface area contributed by atoms with Gasteiger partial charge >= 0.3 is 0 Å². The molecular weight excluding hydrogens is 228 g/mol. The van der Waals surface area contributed by atoms with Gasteiger partial charge in [0.1, 0.15) is 5.69 Å². The number of carbonyl (C=O) groups excluding carboxylic acids is 1. The Kier molecular flexibility index (Phi) is 3.97. The quantitative estimate of drug-likeness (QED) is 0.865. The molecule has 1 aliphatic rings. The fourth-order valence-electron chi connectivity index (χ4n) is 2.41. The summed E-state index contributed by atoms with van der Waals surface area (Å²) in [7, 11) is 0. The Hall–Kier alpha value is -1.42. The molecule has 4 nitrogen and oxygen atoms in total. The zero-order chi connectivity index (χ0) is 13.1. The predicted octanol–water partition coefficient (Wildman–Crippen LogP) is 1.62. The van der Waals surface area contributed by atoms with Gasteiger partial charge in [-0.05, 0) is 38.8 Å². The van der Waals surface area contributed by atoms with E-state index in [2.05, 4.69) is 4.98 Å². The average Bonchev–Trinajstić information content (AvgIpc) is 2.38. The van der Waals surface area contributed by atoms with Crippen LogP contribution in [0, 0.1) is 12.8 Å². The highest BCUT2D eigenvalue weighted by Crippen LogP contribution is 2.20. The molecule has 1 fully saturated rings. The van der Waals surface area contributed by atoms with Crippen LogP contribution in [-0.4, -0.2) is 40.1 Å². The van der Waals surface area contributed by atoms with Crippen LogP contribution in [0.4, 0.5) is 0 Å². The highest BCUT2D eigenvalue weighted by atomic mass is 16.3. The lowest BCUT2D eigenvalue weighted by Gasteiger charge is -2.34. The van der Waals surface area contributed by atoms with Crippen LogP contribution < -0.4 is 0 Å². The third-order valence-corrected chi connectivity index (χ3v) is 3.53. The van der Waals surface area contributed by atoms with E-state index in [1.165, 1.54) is 0 Å². The van der Waals surface area contributed by atoms with Crippen molar-refractivity contribution in [3.63, 3.8) is 0 Å². The van der Waals surface area contributed by atoms with Gasteiger partial charge in [0.05, 0.1) is 6.10 Å². The van der Waals surface area contributed by atoms with Crippen molar-refractivity contribution in [3.8, 4) is 0 Å². The van der Waals surface area contributed by atoms with Gasteiger partial charge in [0.15, 0.2) is 0 Å². The summed E-state index contributed by atoms with van der Waals surface area (Å²) in [5.74, 6) is 0.163. The lowest BCUT2D eigenvalue weighted by atomic mass is 9.93. The zero-order valence-electron chi connectivity index (χ0n) is 11.0. The molecule has 0 aliphatic carbocycles. The number of nitrogens with zero attached hydrogens (tertiary/aromatic N) is 2. The number of hydrogen-bond donors (Lipinski definition) is 1. The van der Waals surface area contributed by atoms with Crippen molar-refractivity contribution in [2.45, 2.75) is 32.8 Å². The lowest BCUT2D eigenvalue weighted by molar-refractivity contribution is 0.0461. The standard InChI is InChI=1S/C14H20N2O2/c1-10-5-3-7-13(15-10)14(18)16-8-4-6-12(9-16)11(2)17/h3,5,7,11-12,17H,4,6,8-9H2,1-2H3. The Balaban J connectivity index is 2.09. The number of carbonyl (C=O) groups is 1. The van der Waals surface area contributed by atoms with E-state index >= 15 is 0 Å². The number of likely N-dealkylation sites (tertiary alicyclic amines) is 1. The van der Waals surface area contributed by atoms with Gasteiger partial charge in [0, 0.05) is 24.7 Å². The molecule has 1 aromatic rings. The number of aliphatic hydroxyl groups is 1. The first kappa shape index (κ1) is 13.0. The maximum absolute atomic E-state index is 12.3. The number of aryl methyl sites for hydroxylation is 1. The van der Waals surface area contributed by atoms with E-state index in [-0.39, 0.29) is 17.9 Å². The first-order valence-corrected chi connectivity index (χ1v) is 6.49. The lowest BCUT2D eigenvalue weighted by Crippen LogP contribution is -2.43. The van der Waals surface area contributed by atoms with Crippen LogP contribution in [0.5, 0.6) is 0 Å². The third-order valence-electron chi connectivity index (χ3n) is 3.53. The molecule has 2 heterocycles. The van der Waals surface area contributed by atoms with Gasteiger partial charge in [-0.2, -0.15) is 0 Å². The van der Waals surface area contributed by atoms with Gasteiger partial charge in [-0.15, -0.1) is 0 Å². The van der Waals surface area contributed by atoms with Crippen molar-refractivity contribution in [1.29, 1.82) is 0 Å². The van der Waals surface area contributed by atoms with Gasteiger partial charge < -0.3 is 10.0 Å². The maximum Gasteiger partial charge on any atom is 0.272 e. The summed E-state index contributed by atoms with van der Waals surface area (Å²) in [5.41, 5.74) is 1.35. The Morgan fingerprint density at radius 2 is 2.33 bits per heavy atom. The molecule has 0 bridgehead atoms. The SMILES string of the molecule is Cc1cccc(C(=O)N2CCCC(C(C)O)C2)n1. The molecule has 1 N–H and O–H groups in total. The third kappa shape index (κ3) is 2.88. The Labute approximate surface area is 108 Å². The van der Waals surface area contributed by atoms with Crippen LogP contribution in [0.15, 0.2) is 18.2 Å².